The number of para-hydroxylation sites is 1. The molecule has 0 spiro atoms. The summed E-state index contributed by atoms with van der Waals surface area (Å²) in [7, 11) is 0. The Kier molecular flexibility index (Phi) is 3.48. The smallest absolute Gasteiger partial charge is 0.417 e. The van der Waals surface area contributed by atoms with Gasteiger partial charge in [0.25, 0.3) is 0 Å². The first-order valence-corrected chi connectivity index (χ1v) is 5.48. The molecule has 0 fully saturated rings. The van der Waals surface area contributed by atoms with Gasteiger partial charge >= 0.3 is 6.09 Å². The number of amides is 1. The quantitative estimate of drug-likeness (QED) is 0.795. The number of carbonyl (C=O) groups is 1. The number of hydrogen-bond donors (Lipinski definition) is 2. The molecule has 0 heterocycles. The molecular weight excluding hydrogens is 230 g/mol. The molecule has 18 heavy (non-hydrogen) atoms. The highest BCUT2D eigenvalue weighted by Gasteiger charge is 2.08. The number of carbonyl (C=O) groups excluding carboxylic acids is 1. The molecule has 0 saturated heterocycles. The minimum absolute atomic E-state index is 0.00520. The van der Waals surface area contributed by atoms with Crippen LogP contribution in [0, 0.1) is 6.92 Å². The van der Waals surface area contributed by atoms with Gasteiger partial charge in [0, 0.05) is 0 Å². The second-order valence-electron chi connectivity index (χ2n) is 3.85. The summed E-state index contributed by atoms with van der Waals surface area (Å²) in [5.41, 5.74) is 1.26. The van der Waals surface area contributed by atoms with E-state index in [4.69, 9.17) is 4.74 Å². The fourth-order valence-electron chi connectivity index (χ4n) is 1.48. The summed E-state index contributed by atoms with van der Waals surface area (Å²) < 4.78 is 5.05. The average Bonchev–Trinajstić information content (AvgIpc) is 2.35. The summed E-state index contributed by atoms with van der Waals surface area (Å²) in [5, 5.41) is 12.1. The lowest BCUT2D eigenvalue weighted by molar-refractivity contribution is 0.215. The monoisotopic (exact) mass is 243 g/mol. The van der Waals surface area contributed by atoms with Gasteiger partial charge in [-0.1, -0.05) is 24.3 Å². The van der Waals surface area contributed by atoms with Crippen LogP contribution in [0.3, 0.4) is 0 Å². The first-order valence-electron chi connectivity index (χ1n) is 5.48. The first-order chi connectivity index (χ1) is 8.65. The lowest BCUT2D eigenvalue weighted by Crippen LogP contribution is -2.16. The van der Waals surface area contributed by atoms with E-state index in [0.717, 1.165) is 5.56 Å². The molecule has 92 valence electrons. The molecule has 2 aromatic rings. The molecule has 0 aromatic heterocycles. The third-order valence-corrected chi connectivity index (χ3v) is 2.34. The Bertz CT molecular complexity index is 552. The van der Waals surface area contributed by atoms with E-state index in [1.165, 1.54) is 6.07 Å². The van der Waals surface area contributed by atoms with Crippen LogP contribution in [0.4, 0.5) is 10.5 Å². The standard InChI is InChI=1S/C14H13NO3/c1-10-7-8-13(16)12(9-10)15-14(17)18-11-5-3-2-4-6-11/h2-9,16H,1H3,(H,15,17). The lowest BCUT2D eigenvalue weighted by Gasteiger charge is -2.08. The van der Waals surface area contributed by atoms with Crippen molar-refractivity contribution in [3.8, 4) is 11.5 Å². The van der Waals surface area contributed by atoms with Crippen molar-refractivity contribution in [2.75, 3.05) is 5.32 Å². The molecular formula is C14H13NO3. The predicted molar refractivity (Wildman–Crippen MR) is 68.9 cm³/mol. The summed E-state index contributed by atoms with van der Waals surface area (Å²) in [6, 6.07) is 13.7. The maximum absolute atomic E-state index is 11.6. The highest BCUT2D eigenvalue weighted by molar-refractivity contribution is 5.88. The Hall–Kier alpha value is -2.49. The number of hydrogen-bond acceptors (Lipinski definition) is 3. The van der Waals surface area contributed by atoms with Crippen LogP contribution in [-0.2, 0) is 0 Å². The fourth-order valence-corrected chi connectivity index (χ4v) is 1.48. The molecule has 4 nitrogen and oxygen atoms in total. The van der Waals surface area contributed by atoms with Gasteiger partial charge in [0.2, 0.25) is 0 Å². The van der Waals surface area contributed by atoms with E-state index in [1.54, 1.807) is 36.4 Å². The van der Waals surface area contributed by atoms with Gasteiger partial charge in [0.05, 0.1) is 5.69 Å². The van der Waals surface area contributed by atoms with Crippen molar-refractivity contribution in [1.29, 1.82) is 0 Å². The number of ether oxygens (including phenoxy) is 1. The van der Waals surface area contributed by atoms with E-state index in [1.807, 2.05) is 13.0 Å². The zero-order valence-corrected chi connectivity index (χ0v) is 9.88. The van der Waals surface area contributed by atoms with Crippen LogP contribution in [0.5, 0.6) is 11.5 Å². The molecule has 0 aliphatic carbocycles. The maximum Gasteiger partial charge on any atom is 0.417 e. The molecule has 0 unspecified atom stereocenters. The Morgan fingerprint density at radius 3 is 2.61 bits per heavy atom. The number of benzene rings is 2. The van der Waals surface area contributed by atoms with E-state index in [9.17, 15) is 9.90 Å². The number of anilines is 1. The summed E-state index contributed by atoms with van der Waals surface area (Å²) in [6.07, 6.45) is -0.637. The molecule has 0 radical (unpaired) electrons. The molecule has 2 aromatic carbocycles. The number of phenolic OH excluding ortho intramolecular Hbond substituents is 1. The number of aromatic hydroxyl groups is 1. The van der Waals surface area contributed by atoms with Crippen LogP contribution in [0.1, 0.15) is 5.56 Å². The molecule has 0 aliphatic heterocycles. The zero-order valence-electron chi connectivity index (χ0n) is 9.88. The van der Waals surface area contributed by atoms with Crippen LogP contribution in [0.2, 0.25) is 0 Å². The Balaban J connectivity index is 2.05. The zero-order chi connectivity index (χ0) is 13.0. The Morgan fingerprint density at radius 2 is 1.89 bits per heavy atom. The van der Waals surface area contributed by atoms with Gasteiger partial charge in [-0.15, -0.1) is 0 Å². The third kappa shape index (κ3) is 3.01. The van der Waals surface area contributed by atoms with Gasteiger partial charge in [-0.3, -0.25) is 5.32 Å². The second-order valence-corrected chi connectivity index (χ2v) is 3.85. The minimum Gasteiger partial charge on any atom is -0.506 e. The molecule has 0 atom stereocenters. The van der Waals surface area contributed by atoms with E-state index < -0.39 is 6.09 Å². The van der Waals surface area contributed by atoms with Crippen molar-refractivity contribution in [2.45, 2.75) is 6.92 Å². The molecule has 2 rings (SSSR count). The van der Waals surface area contributed by atoms with Crippen LogP contribution >= 0.6 is 0 Å². The maximum atomic E-state index is 11.6. The largest absolute Gasteiger partial charge is 0.506 e. The average molecular weight is 243 g/mol. The van der Waals surface area contributed by atoms with Gasteiger partial charge in [0.15, 0.2) is 0 Å². The van der Waals surface area contributed by atoms with Gasteiger partial charge in [-0.2, -0.15) is 0 Å². The Morgan fingerprint density at radius 1 is 1.17 bits per heavy atom. The number of rotatable bonds is 2. The summed E-state index contributed by atoms with van der Waals surface area (Å²) >= 11 is 0. The molecule has 4 heteroatoms. The first kappa shape index (κ1) is 12.0. The molecule has 0 bridgehead atoms. The van der Waals surface area contributed by atoms with Gasteiger partial charge in [0.1, 0.15) is 11.5 Å². The van der Waals surface area contributed by atoms with Gasteiger partial charge < -0.3 is 9.84 Å². The SMILES string of the molecule is Cc1ccc(O)c(NC(=O)Oc2ccccc2)c1. The predicted octanol–water partition coefficient (Wildman–Crippen LogP) is 3.31. The number of nitrogens with one attached hydrogen (secondary N) is 1. The van der Waals surface area contributed by atoms with E-state index in [2.05, 4.69) is 5.32 Å². The number of phenols is 1. The van der Waals surface area contributed by atoms with Crippen molar-refractivity contribution in [1.82, 2.24) is 0 Å². The van der Waals surface area contributed by atoms with Crippen LogP contribution in [-0.4, -0.2) is 11.2 Å². The van der Waals surface area contributed by atoms with E-state index in [0.29, 0.717) is 11.4 Å². The van der Waals surface area contributed by atoms with Crippen molar-refractivity contribution in [3.63, 3.8) is 0 Å². The van der Waals surface area contributed by atoms with Gasteiger partial charge in [-0.25, -0.2) is 4.79 Å². The molecule has 1 amide bonds. The van der Waals surface area contributed by atoms with E-state index >= 15 is 0 Å². The lowest BCUT2D eigenvalue weighted by atomic mass is 10.2. The van der Waals surface area contributed by atoms with E-state index in [-0.39, 0.29) is 5.75 Å². The van der Waals surface area contributed by atoms with Crippen molar-refractivity contribution in [2.24, 2.45) is 0 Å². The van der Waals surface area contributed by atoms with Gasteiger partial charge in [-0.05, 0) is 36.8 Å². The van der Waals surface area contributed by atoms with Crippen LogP contribution in [0.15, 0.2) is 48.5 Å². The topological polar surface area (TPSA) is 58.6 Å². The number of aryl methyl sites for hydroxylation is 1. The molecule has 0 saturated carbocycles. The summed E-state index contributed by atoms with van der Waals surface area (Å²) in [4.78, 5) is 11.6. The minimum atomic E-state index is -0.637. The highest BCUT2D eigenvalue weighted by Crippen LogP contribution is 2.24. The molecule has 2 N–H and O–H groups in total. The van der Waals surface area contributed by atoms with Crippen molar-refractivity contribution >= 4 is 11.8 Å². The van der Waals surface area contributed by atoms with Crippen LogP contribution in [0.25, 0.3) is 0 Å². The van der Waals surface area contributed by atoms with Crippen LogP contribution < -0.4 is 10.1 Å². The fraction of sp³-hybridized carbons (Fsp3) is 0.0714. The third-order valence-electron chi connectivity index (χ3n) is 2.34. The summed E-state index contributed by atoms with van der Waals surface area (Å²) in [5.74, 6) is 0.452. The van der Waals surface area contributed by atoms with Crippen molar-refractivity contribution < 1.29 is 14.6 Å². The summed E-state index contributed by atoms with van der Waals surface area (Å²) in [6.45, 7) is 1.87. The molecule has 0 aliphatic rings. The Labute approximate surface area is 105 Å². The van der Waals surface area contributed by atoms with Crippen molar-refractivity contribution in [3.05, 3.63) is 54.1 Å². The second kappa shape index (κ2) is 5.23. The highest BCUT2D eigenvalue weighted by atomic mass is 16.6. The normalized spacial score (nSPS) is 9.83.